The van der Waals surface area contributed by atoms with Gasteiger partial charge in [0.15, 0.2) is 11.5 Å². The Bertz CT molecular complexity index is 1600. The zero-order chi connectivity index (χ0) is 33.5. The maximum Gasteiger partial charge on any atom is 0.254 e. The van der Waals surface area contributed by atoms with Crippen molar-refractivity contribution in [3.8, 4) is 17.2 Å². The number of fused-ring (bicyclic) bond motifs is 1. The molecule has 1 aromatic heterocycles. The van der Waals surface area contributed by atoms with E-state index in [1.165, 1.54) is 5.56 Å². The number of hydrogen-bond acceptors (Lipinski definition) is 8. The first-order valence-electron chi connectivity index (χ1n) is 17.1. The quantitative estimate of drug-likeness (QED) is 0.171. The zero-order valence-electron chi connectivity index (χ0n) is 28.7. The normalized spacial score (nSPS) is 18.7. The molecule has 1 amide bonds. The van der Waals surface area contributed by atoms with Gasteiger partial charge >= 0.3 is 0 Å². The average Bonchev–Trinajstić information content (AvgIpc) is 3.78. The number of aromatic amines is 1. The second-order valence-corrected chi connectivity index (χ2v) is 12.8. The molecule has 0 aliphatic carbocycles. The summed E-state index contributed by atoms with van der Waals surface area (Å²) in [4.78, 5) is 29.4. The molecule has 0 radical (unpaired) electrons. The van der Waals surface area contributed by atoms with Crippen LogP contribution in [0.4, 0.5) is 5.95 Å². The number of amides is 1. The van der Waals surface area contributed by atoms with Gasteiger partial charge < -0.3 is 38.6 Å². The molecule has 1 unspecified atom stereocenters. The highest BCUT2D eigenvalue weighted by Gasteiger charge is 2.42. The van der Waals surface area contributed by atoms with Crippen LogP contribution in [0.5, 0.6) is 17.2 Å². The number of nitrogens with one attached hydrogen (secondary N) is 1. The van der Waals surface area contributed by atoms with Crippen LogP contribution in [0.3, 0.4) is 0 Å². The lowest BCUT2D eigenvalue weighted by molar-refractivity contribution is 0.0779. The Balaban J connectivity index is 1.13. The van der Waals surface area contributed by atoms with Gasteiger partial charge in [0.25, 0.3) is 5.91 Å². The van der Waals surface area contributed by atoms with E-state index >= 15 is 0 Å². The second-order valence-electron chi connectivity index (χ2n) is 12.8. The number of piperidine rings is 1. The molecule has 10 heteroatoms. The summed E-state index contributed by atoms with van der Waals surface area (Å²) in [7, 11) is 4.71. The molecular formula is C38H49N5O5. The highest BCUT2D eigenvalue weighted by Crippen LogP contribution is 2.41. The standard InChI is InChI=1S/C38H49N5O5/c1-5-48-24-23-43(37-39-31-13-9-10-14-32(31)40-37)30-15-19-41(20-16-30)21-17-38(29-11-7-6-8-12-29)18-22-42(27-38)36(44)28-25-33(45-2)35(47-4)34(26-28)46-3/h6-14,25-26,30H,5,15-24,27H2,1-4H3,(H,39,40). The van der Waals surface area contributed by atoms with Crippen molar-refractivity contribution >= 4 is 22.9 Å². The van der Waals surface area contributed by atoms with Gasteiger partial charge in [0.2, 0.25) is 11.7 Å². The summed E-state index contributed by atoms with van der Waals surface area (Å²) in [6.07, 6.45) is 4.03. The number of likely N-dealkylation sites (tertiary alicyclic amines) is 2. The predicted octanol–water partition coefficient (Wildman–Crippen LogP) is 5.77. The fourth-order valence-electron chi connectivity index (χ4n) is 7.48. The van der Waals surface area contributed by atoms with Crippen molar-refractivity contribution < 1.29 is 23.7 Å². The number of nitrogens with zero attached hydrogens (tertiary/aromatic N) is 4. The Morgan fingerprint density at radius 3 is 2.33 bits per heavy atom. The number of hydrogen-bond donors (Lipinski definition) is 1. The number of rotatable bonds is 14. The third-order valence-corrected chi connectivity index (χ3v) is 10.2. The van der Waals surface area contributed by atoms with Gasteiger partial charge in [-0.25, -0.2) is 4.98 Å². The minimum Gasteiger partial charge on any atom is -0.493 e. The van der Waals surface area contributed by atoms with Crippen molar-refractivity contribution in [1.82, 2.24) is 19.8 Å². The van der Waals surface area contributed by atoms with Crippen LogP contribution in [-0.4, -0.2) is 106 Å². The summed E-state index contributed by atoms with van der Waals surface area (Å²) in [6, 6.07) is 22.9. The monoisotopic (exact) mass is 655 g/mol. The van der Waals surface area contributed by atoms with E-state index in [0.717, 1.165) is 68.8 Å². The number of carbonyl (C=O) groups excluding carboxylic acids is 1. The summed E-state index contributed by atoms with van der Waals surface area (Å²) in [5, 5.41) is 0. The van der Waals surface area contributed by atoms with Crippen molar-refractivity contribution in [2.45, 2.75) is 44.1 Å². The van der Waals surface area contributed by atoms with E-state index in [-0.39, 0.29) is 11.3 Å². The maximum absolute atomic E-state index is 13.9. The van der Waals surface area contributed by atoms with Crippen molar-refractivity contribution in [3.05, 3.63) is 77.9 Å². The van der Waals surface area contributed by atoms with Gasteiger partial charge in [-0.2, -0.15) is 0 Å². The first-order chi connectivity index (χ1) is 23.5. The van der Waals surface area contributed by atoms with E-state index in [0.29, 0.717) is 55.2 Å². The fraction of sp³-hybridized carbons (Fsp3) is 0.474. The number of ether oxygens (including phenoxy) is 4. The molecule has 2 aliphatic heterocycles. The number of methoxy groups -OCH3 is 3. The van der Waals surface area contributed by atoms with Crippen molar-refractivity contribution in [1.29, 1.82) is 0 Å². The second kappa shape index (κ2) is 15.3. The predicted molar refractivity (Wildman–Crippen MR) is 189 cm³/mol. The highest BCUT2D eigenvalue weighted by atomic mass is 16.5. The van der Waals surface area contributed by atoms with Crippen LogP contribution < -0.4 is 19.1 Å². The van der Waals surface area contributed by atoms with E-state index in [1.807, 2.05) is 24.0 Å². The van der Waals surface area contributed by atoms with Gasteiger partial charge in [0.1, 0.15) is 0 Å². The van der Waals surface area contributed by atoms with Crippen molar-refractivity contribution in [2.24, 2.45) is 0 Å². The molecule has 3 aromatic carbocycles. The molecule has 2 aliphatic rings. The first-order valence-corrected chi connectivity index (χ1v) is 17.1. The summed E-state index contributed by atoms with van der Waals surface area (Å²) >= 11 is 0. The van der Waals surface area contributed by atoms with Crippen molar-refractivity contribution in [3.63, 3.8) is 0 Å². The molecule has 6 rings (SSSR count). The molecule has 1 N–H and O–H groups in total. The zero-order valence-corrected chi connectivity index (χ0v) is 28.7. The van der Waals surface area contributed by atoms with Gasteiger partial charge in [0.05, 0.1) is 39.0 Å². The Kier molecular flexibility index (Phi) is 10.7. The minimum absolute atomic E-state index is 0.0226. The number of imidazole rings is 1. The molecule has 1 atom stereocenters. The van der Waals surface area contributed by atoms with Crippen LogP contribution in [0.1, 0.15) is 48.5 Å². The molecule has 10 nitrogen and oxygen atoms in total. The molecule has 2 fully saturated rings. The molecule has 256 valence electrons. The van der Waals surface area contributed by atoms with Crippen LogP contribution in [0.15, 0.2) is 66.7 Å². The Labute approximate surface area is 283 Å². The van der Waals surface area contributed by atoms with Gasteiger partial charge in [-0.15, -0.1) is 0 Å². The number of anilines is 1. The lowest BCUT2D eigenvalue weighted by Gasteiger charge is -2.40. The van der Waals surface area contributed by atoms with E-state index in [4.69, 9.17) is 23.9 Å². The summed E-state index contributed by atoms with van der Waals surface area (Å²) < 4.78 is 22.3. The van der Waals surface area contributed by atoms with Crippen LogP contribution in [0.2, 0.25) is 0 Å². The average molecular weight is 656 g/mol. The number of carbonyl (C=O) groups is 1. The topological polar surface area (TPSA) is 92.4 Å². The third-order valence-electron chi connectivity index (χ3n) is 10.2. The molecule has 48 heavy (non-hydrogen) atoms. The lowest BCUT2D eigenvalue weighted by Crippen LogP contribution is -2.47. The molecule has 4 aromatic rings. The summed E-state index contributed by atoms with van der Waals surface area (Å²) in [5.41, 5.74) is 3.77. The highest BCUT2D eigenvalue weighted by molar-refractivity contribution is 5.96. The van der Waals surface area contributed by atoms with Gasteiger partial charge in [-0.3, -0.25) is 4.79 Å². The first kappa shape index (κ1) is 33.6. The van der Waals surface area contributed by atoms with E-state index in [1.54, 1.807) is 33.5 Å². The third kappa shape index (κ3) is 7.10. The Morgan fingerprint density at radius 2 is 1.67 bits per heavy atom. The van der Waals surface area contributed by atoms with E-state index in [2.05, 4.69) is 57.2 Å². The number of benzene rings is 3. The summed E-state index contributed by atoms with van der Waals surface area (Å²) in [6.45, 7) is 8.63. The minimum atomic E-state index is -0.119. The summed E-state index contributed by atoms with van der Waals surface area (Å²) in [5.74, 6) is 2.35. The smallest absolute Gasteiger partial charge is 0.254 e. The van der Waals surface area contributed by atoms with Crippen molar-refractivity contribution in [2.75, 3.05) is 78.7 Å². The molecule has 0 saturated carbocycles. The molecule has 0 bridgehead atoms. The Hall–Kier alpha value is -4.28. The van der Waals surface area contributed by atoms with Crippen LogP contribution in [0, 0.1) is 0 Å². The SMILES string of the molecule is CCOCCN(c1nc2ccccc2[nH]1)C1CCN(CCC2(c3ccccc3)CCN(C(=O)c3cc(OC)c(OC)c(OC)c3)C2)CC1. The van der Waals surface area contributed by atoms with Gasteiger partial charge in [-0.1, -0.05) is 42.5 Å². The molecular weight excluding hydrogens is 606 g/mol. The number of aromatic nitrogens is 2. The van der Waals surface area contributed by atoms with Crippen LogP contribution >= 0.6 is 0 Å². The largest absolute Gasteiger partial charge is 0.493 e. The number of H-pyrrole nitrogens is 1. The molecule has 3 heterocycles. The van der Waals surface area contributed by atoms with E-state index < -0.39 is 0 Å². The lowest BCUT2D eigenvalue weighted by atomic mass is 9.76. The fourth-order valence-corrected chi connectivity index (χ4v) is 7.48. The number of para-hydroxylation sites is 2. The Morgan fingerprint density at radius 1 is 0.958 bits per heavy atom. The molecule has 0 spiro atoms. The maximum atomic E-state index is 13.9. The van der Waals surface area contributed by atoms with E-state index in [9.17, 15) is 4.79 Å². The van der Waals surface area contributed by atoms with Gasteiger partial charge in [-0.05, 0) is 69.0 Å². The van der Waals surface area contributed by atoms with Gasteiger partial charge in [0, 0.05) is 56.4 Å². The van der Waals surface area contributed by atoms with Crippen LogP contribution in [0.25, 0.3) is 11.0 Å². The molecule has 2 saturated heterocycles. The van der Waals surface area contributed by atoms with Crippen LogP contribution in [-0.2, 0) is 10.2 Å².